The van der Waals surface area contributed by atoms with Crippen molar-refractivity contribution in [3.63, 3.8) is 0 Å². The molecule has 0 nitrogen and oxygen atoms in total. The molecule has 0 unspecified atom stereocenters. The quantitative estimate of drug-likeness (QED) is 0.198. The fraction of sp³-hybridized carbons (Fsp3) is 1.00. The Morgan fingerprint density at radius 2 is 1.20 bits per heavy atom. The van der Waals surface area contributed by atoms with Crippen LogP contribution in [-0.4, -0.2) is 4.93 Å². The number of hydrogen-bond acceptors (Lipinski definition) is 0. The Kier molecular flexibility index (Phi) is 15.9. The van der Waals surface area contributed by atoms with Crippen LogP contribution < -0.4 is 0 Å². The predicted octanol–water partition coefficient (Wildman–Crippen LogP) is 8.14. The number of hydrogen-bond donors (Lipinski definition) is 0. The van der Waals surface area contributed by atoms with Gasteiger partial charge in [0.25, 0.3) is 0 Å². The molecule has 9 heteroatoms. The van der Waals surface area contributed by atoms with Gasteiger partial charge in [-0.1, -0.05) is 0 Å². The number of halogens is 9. The molecule has 0 saturated carbocycles. The van der Waals surface area contributed by atoms with Crippen LogP contribution in [0.4, 0.5) is 0 Å². The number of rotatable bonds is 3. The molecule has 0 heterocycles. The predicted molar refractivity (Wildman–Crippen MR) is 132 cm³/mol. The van der Waals surface area contributed by atoms with E-state index >= 15 is 0 Å². The van der Waals surface area contributed by atoms with Gasteiger partial charge in [0.05, 0.1) is 0 Å². The molecule has 0 N–H and O–H groups in total. The second-order valence-corrected chi connectivity index (χ2v) is 176. The minimum absolute atomic E-state index is 0.281. The van der Waals surface area contributed by atoms with Crippen molar-refractivity contribution in [3.8, 4) is 0 Å². The van der Waals surface area contributed by atoms with Crippen LogP contribution in [0.15, 0.2) is 0 Å². The summed E-state index contributed by atoms with van der Waals surface area (Å²) in [7, 11) is -0.922. The van der Waals surface area contributed by atoms with Crippen LogP contribution in [0.25, 0.3) is 0 Å². The summed E-state index contributed by atoms with van der Waals surface area (Å²) in [6, 6.07) is 0. The molecule has 0 radical (unpaired) electrons. The van der Waals surface area contributed by atoms with Gasteiger partial charge >= 0.3 is 134 Å². The zero-order valence-electron chi connectivity index (χ0n) is 4.40. The van der Waals surface area contributed by atoms with E-state index in [2.05, 4.69) is 98.0 Å². The first kappa shape index (κ1) is 16.6. The fourth-order valence-corrected chi connectivity index (χ4v) is 711. The van der Waals surface area contributed by atoms with Crippen LogP contribution in [-0.2, 0) is 0 Å². The third-order valence-corrected chi connectivity index (χ3v) is 446. The van der Waals surface area contributed by atoms with E-state index in [1.165, 1.54) is 0 Å². The molecule has 0 bridgehead atoms. The molecule has 0 aliphatic rings. The van der Waals surface area contributed by atoms with E-state index in [1.54, 1.807) is 0 Å². The van der Waals surface area contributed by atoms with Gasteiger partial charge in [0.2, 0.25) is 0 Å². The van der Waals surface area contributed by atoms with E-state index < -0.39 is 0 Å². The summed E-state index contributed by atoms with van der Waals surface area (Å²) >= 11 is 13.8. The Bertz CT molecular complexity index is 74.7. The summed E-state index contributed by atoms with van der Waals surface area (Å²) in [5, 5.41) is 0. The maximum atomic E-state index is 2.88. The van der Waals surface area contributed by atoms with Crippen LogP contribution in [0.2, 0.25) is 0 Å². The Labute approximate surface area is 127 Å². The molecule has 0 saturated heterocycles. The molecule has 0 aromatic rings. The number of alkyl halides is 1. The third kappa shape index (κ3) is 7.78. The summed E-state index contributed by atoms with van der Waals surface area (Å²) in [5.74, 6) is 0. The second-order valence-electron chi connectivity index (χ2n) is 0.826. The van der Waals surface area contributed by atoms with Crippen molar-refractivity contribution in [1.82, 2.24) is 0 Å². The molecule has 0 aliphatic carbocycles. The van der Waals surface area contributed by atoms with E-state index in [0.29, 0.717) is 0 Å². The van der Waals surface area contributed by atoms with Crippen molar-refractivity contribution in [2.75, 3.05) is 4.93 Å². The van der Waals surface area contributed by atoms with Crippen LogP contribution >= 0.6 is 129 Å². The van der Waals surface area contributed by atoms with Crippen LogP contribution in [0.3, 0.4) is 0 Å². The fourth-order valence-electron chi connectivity index (χ4n) is 0.0871. The van der Waals surface area contributed by atoms with Crippen LogP contribution in [0.5, 0.6) is 0 Å². The standard InChI is InChI=1S/CH3I9/c1-7(2)9(5)10(6)8(3)4/h1H3. The molecule has 0 aromatic heterocycles. The first-order valence-electron chi connectivity index (χ1n) is 1.52. The molecule has 10 heavy (non-hydrogen) atoms. The summed E-state index contributed by atoms with van der Waals surface area (Å²) in [5.41, 5.74) is 0. The molecule has 0 spiro atoms. The van der Waals surface area contributed by atoms with E-state index in [0.717, 1.165) is 0 Å². The van der Waals surface area contributed by atoms with Crippen molar-refractivity contribution in [3.05, 3.63) is 0 Å². The van der Waals surface area contributed by atoms with Crippen molar-refractivity contribution < 1.29 is 0 Å². The monoisotopic (exact) mass is 1160 g/mol. The first-order valence-corrected chi connectivity index (χ1v) is 54.0. The SMILES string of the molecule is CI(I)I(I)I(I)I(I)I. The molecular formula is CH3I9. The summed E-state index contributed by atoms with van der Waals surface area (Å²) in [6.45, 7) is 0. The van der Waals surface area contributed by atoms with Gasteiger partial charge in [-0.25, -0.2) is 0 Å². The zero-order valence-corrected chi connectivity index (χ0v) is 23.8. The molecular weight excluding hydrogens is 1150 g/mol. The average Bonchev–Trinajstić information content (AvgIpc) is 1.84. The van der Waals surface area contributed by atoms with Crippen molar-refractivity contribution in [2.24, 2.45) is 0 Å². The van der Waals surface area contributed by atoms with Gasteiger partial charge in [0.1, 0.15) is 0 Å². The summed E-state index contributed by atoms with van der Waals surface area (Å²) < 4.78 is 0. The van der Waals surface area contributed by atoms with Crippen LogP contribution in [0, 0.1) is 0 Å². The molecule has 0 rings (SSSR count). The van der Waals surface area contributed by atoms with E-state index in [-0.39, 0.29) is 35.6 Å². The third-order valence-electron chi connectivity index (χ3n) is 0.312. The zero-order chi connectivity index (χ0) is 8.31. The molecule has 70 valence electrons. The summed E-state index contributed by atoms with van der Waals surface area (Å²) in [4.78, 5) is 2.57. The Hall–Kier alpha value is 6.57. The van der Waals surface area contributed by atoms with Gasteiger partial charge in [0.15, 0.2) is 0 Å². The Morgan fingerprint density at radius 3 is 1.30 bits per heavy atom. The molecule has 0 fully saturated rings. The molecule has 0 aromatic carbocycles. The minimum atomic E-state index is -0.354. The van der Waals surface area contributed by atoms with Crippen LogP contribution in [0.1, 0.15) is 0 Å². The van der Waals surface area contributed by atoms with E-state index in [4.69, 9.17) is 0 Å². The average molecular weight is 1160 g/mol. The van der Waals surface area contributed by atoms with Crippen molar-refractivity contribution in [2.45, 2.75) is 0 Å². The van der Waals surface area contributed by atoms with Crippen molar-refractivity contribution >= 4 is 129 Å². The molecule has 0 aliphatic heterocycles. The van der Waals surface area contributed by atoms with Crippen molar-refractivity contribution in [1.29, 1.82) is 0 Å². The Balaban J connectivity index is 3.81. The Morgan fingerprint density at radius 1 is 0.800 bits per heavy atom. The van der Waals surface area contributed by atoms with Gasteiger partial charge < -0.3 is 0 Å². The van der Waals surface area contributed by atoms with E-state index in [1.807, 2.05) is 0 Å². The summed E-state index contributed by atoms with van der Waals surface area (Å²) in [6.07, 6.45) is 0. The van der Waals surface area contributed by atoms with Gasteiger partial charge in [-0.15, -0.1) is 0 Å². The second kappa shape index (κ2) is 9.58. The van der Waals surface area contributed by atoms with Gasteiger partial charge in [0, 0.05) is 0 Å². The normalized spacial score (nSPS) is 16.2. The first-order chi connectivity index (χ1) is 4.46. The molecule has 0 atom stereocenters. The van der Waals surface area contributed by atoms with Gasteiger partial charge in [-0.2, -0.15) is 0 Å². The van der Waals surface area contributed by atoms with E-state index in [9.17, 15) is 0 Å². The van der Waals surface area contributed by atoms with Gasteiger partial charge in [-0.3, -0.25) is 0 Å². The topological polar surface area (TPSA) is 0 Å². The van der Waals surface area contributed by atoms with Gasteiger partial charge in [-0.05, 0) is 0 Å². The maximum absolute atomic E-state index is 2.88. The molecule has 0 amide bonds.